The highest BCUT2D eigenvalue weighted by Gasteiger charge is 2.30. The predicted octanol–water partition coefficient (Wildman–Crippen LogP) is 0.448. The molecular formula is C13H20N4O4. The van der Waals surface area contributed by atoms with Crippen molar-refractivity contribution in [1.29, 1.82) is 0 Å². The van der Waals surface area contributed by atoms with Crippen molar-refractivity contribution >= 4 is 12.0 Å². The Bertz CT molecular complexity index is 496. The van der Waals surface area contributed by atoms with Gasteiger partial charge in [0.05, 0.1) is 12.4 Å². The average molecular weight is 296 g/mol. The number of aromatic nitrogens is 2. The van der Waals surface area contributed by atoms with Crippen LogP contribution in [0.25, 0.3) is 0 Å². The maximum Gasteiger partial charge on any atom is 0.356 e. The lowest BCUT2D eigenvalue weighted by atomic mass is 9.89. The molecule has 2 rings (SSSR count). The molecule has 0 spiro atoms. The molecule has 1 fully saturated rings. The second kappa shape index (κ2) is 7.07. The monoisotopic (exact) mass is 296 g/mol. The Labute approximate surface area is 122 Å². The number of carboxylic acid groups (broad SMARTS) is 1. The molecule has 3 N–H and O–H groups in total. The van der Waals surface area contributed by atoms with Crippen LogP contribution in [0.15, 0.2) is 12.5 Å². The molecule has 21 heavy (non-hydrogen) atoms. The van der Waals surface area contributed by atoms with Gasteiger partial charge in [-0.05, 0) is 19.8 Å². The Balaban J connectivity index is 1.60. The topological polar surface area (TPSA) is 105 Å². The number of carbonyl (C=O) groups is 2. The number of nitrogens with zero attached hydrogens (tertiary/aromatic N) is 2. The summed E-state index contributed by atoms with van der Waals surface area (Å²) in [5.74, 6) is -1.06. The molecule has 1 aliphatic rings. The largest absolute Gasteiger partial charge is 0.476 e. The van der Waals surface area contributed by atoms with E-state index < -0.39 is 5.97 Å². The van der Waals surface area contributed by atoms with Gasteiger partial charge in [-0.3, -0.25) is 0 Å². The molecule has 8 heteroatoms. The number of nitrogens with one attached hydrogen (secondary N) is 2. The van der Waals surface area contributed by atoms with Crippen molar-refractivity contribution < 1.29 is 19.4 Å². The van der Waals surface area contributed by atoms with Gasteiger partial charge in [0.2, 0.25) is 0 Å². The summed E-state index contributed by atoms with van der Waals surface area (Å²) in [7, 11) is 0. The first-order valence-electron chi connectivity index (χ1n) is 6.99. The van der Waals surface area contributed by atoms with Crippen molar-refractivity contribution in [1.82, 2.24) is 20.2 Å². The summed E-state index contributed by atoms with van der Waals surface area (Å²) in [6.07, 6.45) is 4.83. The Kier molecular flexibility index (Phi) is 5.15. The van der Waals surface area contributed by atoms with Crippen LogP contribution < -0.4 is 10.6 Å². The fourth-order valence-corrected chi connectivity index (χ4v) is 2.18. The number of imidazole rings is 1. The normalized spacial score (nSPS) is 20.6. The van der Waals surface area contributed by atoms with Crippen molar-refractivity contribution in [2.75, 3.05) is 13.2 Å². The van der Waals surface area contributed by atoms with Gasteiger partial charge in [-0.1, -0.05) is 0 Å². The van der Waals surface area contributed by atoms with Crippen LogP contribution in [-0.4, -0.2) is 52.0 Å². The zero-order valence-electron chi connectivity index (χ0n) is 11.9. The van der Waals surface area contributed by atoms with E-state index in [4.69, 9.17) is 9.84 Å². The highest BCUT2D eigenvalue weighted by molar-refractivity contribution is 5.84. The van der Waals surface area contributed by atoms with E-state index in [1.165, 1.54) is 12.5 Å². The van der Waals surface area contributed by atoms with Crippen LogP contribution >= 0.6 is 0 Å². The molecule has 0 radical (unpaired) electrons. The van der Waals surface area contributed by atoms with Crippen molar-refractivity contribution in [3.05, 3.63) is 18.2 Å². The van der Waals surface area contributed by atoms with E-state index in [9.17, 15) is 9.59 Å². The molecule has 1 aliphatic carbocycles. The molecule has 0 aromatic carbocycles. The van der Waals surface area contributed by atoms with Gasteiger partial charge >= 0.3 is 12.0 Å². The van der Waals surface area contributed by atoms with Crippen molar-refractivity contribution in [2.45, 2.75) is 38.5 Å². The molecule has 8 nitrogen and oxygen atoms in total. The number of aromatic carboxylic acids is 1. The van der Waals surface area contributed by atoms with Gasteiger partial charge in [-0.2, -0.15) is 0 Å². The van der Waals surface area contributed by atoms with Crippen LogP contribution in [0, 0.1) is 0 Å². The molecule has 0 atom stereocenters. The smallest absolute Gasteiger partial charge is 0.356 e. The summed E-state index contributed by atoms with van der Waals surface area (Å²) in [5.41, 5.74) is -0.00381. The average Bonchev–Trinajstić information content (AvgIpc) is 2.85. The van der Waals surface area contributed by atoms with Crippen LogP contribution in [-0.2, 0) is 11.3 Å². The lowest BCUT2D eigenvalue weighted by Crippen LogP contribution is -2.51. The van der Waals surface area contributed by atoms with E-state index in [-0.39, 0.29) is 23.9 Å². The van der Waals surface area contributed by atoms with Crippen LogP contribution in [0.2, 0.25) is 0 Å². The minimum absolute atomic E-state index is 0.00381. The molecule has 0 saturated heterocycles. The SMILES string of the molecule is CCOC1CC(NC(=O)NCCn2cnc(C(=O)O)c2)C1. The molecule has 0 unspecified atom stereocenters. The minimum atomic E-state index is -1.06. The van der Waals surface area contributed by atoms with Crippen LogP contribution in [0.5, 0.6) is 0 Å². The van der Waals surface area contributed by atoms with E-state index in [0.717, 1.165) is 12.8 Å². The predicted molar refractivity (Wildman–Crippen MR) is 74.2 cm³/mol. The van der Waals surface area contributed by atoms with Crippen LogP contribution in [0.1, 0.15) is 30.3 Å². The number of ether oxygens (including phenoxy) is 1. The number of rotatable bonds is 7. The number of carboxylic acids is 1. The summed E-state index contributed by atoms with van der Waals surface area (Å²) < 4.78 is 7.04. The highest BCUT2D eigenvalue weighted by Crippen LogP contribution is 2.22. The molecular weight excluding hydrogens is 276 g/mol. The number of hydrogen-bond donors (Lipinski definition) is 3. The molecule has 1 aromatic rings. The Hall–Kier alpha value is -2.09. The second-order valence-electron chi connectivity index (χ2n) is 4.95. The third-order valence-electron chi connectivity index (χ3n) is 3.34. The van der Waals surface area contributed by atoms with Crippen LogP contribution in [0.4, 0.5) is 4.79 Å². The zero-order valence-corrected chi connectivity index (χ0v) is 11.9. The molecule has 1 saturated carbocycles. The molecule has 2 amide bonds. The number of urea groups is 1. The highest BCUT2D eigenvalue weighted by atomic mass is 16.5. The molecule has 116 valence electrons. The first-order valence-corrected chi connectivity index (χ1v) is 6.99. The first kappa shape index (κ1) is 15.3. The van der Waals surface area contributed by atoms with Gasteiger partial charge in [0.15, 0.2) is 5.69 Å². The molecule has 0 bridgehead atoms. The summed E-state index contributed by atoms with van der Waals surface area (Å²) in [6.45, 7) is 3.54. The quantitative estimate of drug-likeness (QED) is 0.677. The molecule has 1 heterocycles. The Morgan fingerprint density at radius 2 is 2.29 bits per heavy atom. The van der Waals surface area contributed by atoms with Gasteiger partial charge in [0.25, 0.3) is 0 Å². The van der Waals surface area contributed by atoms with Gasteiger partial charge in [0, 0.05) is 31.9 Å². The lowest BCUT2D eigenvalue weighted by Gasteiger charge is -2.35. The summed E-state index contributed by atoms with van der Waals surface area (Å²) in [5, 5.41) is 14.3. The Morgan fingerprint density at radius 3 is 2.90 bits per heavy atom. The van der Waals surface area contributed by atoms with Gasteiger partial charge in [-0.25, -0.2) is 14.6 Å². The van der Waals surface area contributed by atoms with E-state index in [1.54, 1.807) is 4.57 Å². The maximum absolute atomic E-state index is 11.6. The third kappa shape index (κ3) is 4.45. The third-order valence-corrected chi connectivity index (χ3v) is 3.34. The first-order chi connectivity index (χ1) is 10.1. The standard InChI is InChI=1S/C13H20N4O4/c1-2-21-10-5-9(6-10)16-13(20)14-3-4-17-7-11(12(18)19)15-8-17/h7-10H,2-6H2,1H3,(H,18,19)(H2,14,16,20). The van der Waals surface area contributed by atoms with Crippen molar-refractivity contribution in [2.24, 2.45) is 0 Å². The molecule has 0 aliphatic heterocycles. The Morgan fingerprint density at radius 1 is 1.52 bits per heavy atom. The van der Waals surface area contributed by atoms with Gasteiger partial charge in [0.1, 0.15) is 0 Å². The van der Waals surface area contributed by atoms with E-state index in [1.807, 2.05) is 6.92 Å². The number of carbonyl (C=O) groups excluding carboxylic acids is 1. The van der Waals surface area contributed by atoms with Crippen LogP contribution in [0.3, 0.4) is 0 Å². The minimum Gasteiger partial charge on any atom is -0.476 e. The summed E-state index contributed by atoms with van der Waals surface area (Å²) in [4.78, 5) is 26.0. The van der Waals surface area contributed by atoms with Crippen molar-refractivity contribution in [3.8, 4) is 0 Å². The fourth-order valence-electron chi connectivity index (χ4n) is 2.18. The summed E-state index contributed by atoms with van der Waals surface area (Å²) >= 11 is 0. The summed E-state index contributed by atoms with van der Waals surface area (Å²) in [6, 6.07) is -0.0399. The number of hydrogen-bond acceptors (Lipinski definition) is 4. The number of amides is 2. The lowest BCUT2D eigenvalue weighted by molar-refractivity contribution is -0.00708. The van der Waals surface area contributed by atoms with E-state index in [0.29, 0.717) is 19.7 Å². The fraction of sp³-hybridized carbons (Fsp3) is 0.615. The second-order valence-corrected chi connectivity index (χ2v) is 4.95. The maximum atomic E-state index is 11.6. The van der Waals surface area contributed by atoms with E-state index >= 15 is 0 Å². The zero-order chi connectivity index (χ0) is 15.2. The van der Waals surface area contributed by atoms with E-state index in [2.05, 4.69) is 15.6 Å². The van der Waals surface area contributed by atoms with Crippen molar-refractivity contribution in [3.63, 3.8) is 0 Å². The molecule has 1 aromatic heterocycles. The van der Waals surface area contributed by atoms with Gasteiger partial charge in [-0.15, -0.1) is 0 Å². The van der Waals surface area contributed by atoms with Gasteiger partial charge < -0.3 is 25.0 Å².